The monoisotopic (exact) mass is 699 g/mol. The second-order valence-electron chi connectivity index (χ2n) is 15.1. The fourth-order valence-corrected chi connectivity index (χ4v) is 8.75. The van der Waals surface area contributed by atoms with Crippen LogP contribution in [0, 0.1) is 0 Å². The Morgan fingerprint density at radius 2 is 0.741 bits per heavy atom. The molecule has 0 saturated heterocycles. The normalized spacial score (nSPS) is 14.9. The van der Waals surface area contributed by atoms with Gasteiger partial charge in [-0.15, -0.1) is 0 Å². The first-order chi connectivity index (χ1) is 26.3. The molecule has 2 aromatic heterocycles. The first-order valence-electron chi connectivity index (χ1n) is 18.3. The number of anilines is 6. The van der Waals surface area contributed by atoms with Gasteiger partial charge in [0.25, 0.3) is 0 Å². The second kappa shape index (κ2) is 11.9. The number of aromatic nitrogens is 5. The Balaban J connectivity index is 1.37. The van der Waals surface area contributed by atoms with E-state index in [9.17, 15) is 0 Å². The molecular weight excluding hydrogens is 663 g/mol. The molecule has 7 nitrogen and oxygen atoms in total. The molecule has 8 aromatic rings. The second-order valence-corrected chi connectivity index (χ2v) is 15.1. The molecular formula is C47H37N7. The van der Waals surface area contributed by atoms with Gasteiger partial charge in [0, 0.05) is 45.1 Å². The van der Waals surface area contributed by atoms with Gasteiger partial charge in [-0.2, -0.15) is 0 Å². The minimum absolute atomic E-state index is 0.213. The maximum Gasteiger partial charge on any atom is 0.162 e. The summed E-state index contributed by atoms with van der Waals surface area (Å²) in [7, 11) is 0. The maximum atomic E-state index is 4.78. The van der Waals surface area contributed by atoms with Crippen molar-refractivity contribution in [2.24, 2.45) is 0 Å². The van der Waals surface area contributed by atoms with Gasteiger partial charge in [0.15, 0.2) is 11.6 Å². The van der Waals surface area contributed by atoms with Crippen molar-refractivity contribution >= 4 is 44.9 Å². The third kappa shape index (κ3) is 4.71. The third-order valence-electron chi connectivity index (χ3n) is 11.4. The van der Waals surface area contributed by atoms with Crippen LogP contribution in [0.4, 0.5) is 34.1 Å². The Morgan fingerprint density at radius 3 is 1.13 bits per heavy atom. The smallest absolute Gasteiger partial charge is 0.162 e. The van der Waals surface area contributed by atoms with Gasteiger partial charge in [-0.1, -0.05) is 100 Å². The molecule has 0 spiro atoms. The minimum Gasteiger partial charge on any atom is -0.309 e. The summed E-state index contributed by atoms with van der Waals surface area (Å²) >= 11 is 0. The highest BCUT2D eigenvalue weighted by molar-refractivity contribution is 6.11. The summed E-state index contributed by atoms with van der Waals surface area (Å²) in [4.78, 5) is 27.9. The zero-order chi connectivity index (χ0) is 36.6. The van der Waals surface area contributed by atoms with Crippen molar-refractivity contribution in [2.45, 2.75) is 38.5 Å². The number of fused-ring (bicyclic) bond motifs is 5. The van der Waals surface area contributed by atoms with E-state index in [2.05, 4.69) is 174 Å². The van der Waals surface area contributed by atoms with Crippen LogP contribution in [0.3, 0.4) is 0 Å². The van der Waals surface area contributed by atoms with E-state index < -0.39 is 0 Å². The van der Waals surface area contributed by atoms with Crippen LogP contribution in [-0.4, -0.2) is 24.9 Å². The molecule has 0 unspecified atom stereocenters. The lowest BCUT2D eigenvalue weighted by atomic mass is 9.73. The summed E-state index contributed by atoms with van der Waals surface area (Å²) in [6.45, 7) is 9.27. The van der Waals surface area contributed by atoms with E-state index in [-0.39, 0.29) is 10.8 Å². The van der Waals surface area contributed by atoms with Crippen molar-refractivity contribution in [3.63, 3.8) is 0 Å². The molecule has 0 bridgehead atoms. The number of hydrogen-bond acceptors (Lipinski definition) is 7. The molecule has 0 atom stereocenters. The molecule has 10 rings (SSSR count). The molecule has 4 heterocycles. The summed E-state index contributed by atoms with van der Waals surface area (Å²) in [5.74, 6) is 1.27. The SMILES string of the molecule is CC1(C)c2ccccc2N(c2cc(-c3ncncn3)cc3c(N4c5ccccc5C(C)(C)c5ccccc54)cc(-c4ncccn4)cc23)c2ccccc21. The predicted molar refractivity (Wildman–Crippen MR) is 217 cm³/mol. The Labute approximate surface area is 314 Å². The highest BCUT2D eigenvalue weighted by Crippen LogP contribution is 2.57. The molecule has 6 aromatic carbocycles. The van der Waals surface area contributed by atoms with Crippen LogP contribution in [0.5, 0.6) is 0 Å². The molecule has 0 fully saturated rings. The average molecular weight is 700 g/mol. The van der Waals surface area contributed by atoms with E-state index in [1.807, 2.05) is 18.5 Å². The van der Waals surface area contributed by atoms with E-state index in [1.165, 1.54) is 22.3 Å². The van der Waals surface area contributed by atoms with Crippen molar-refractivity contribution in [1.29, 1.82) is 0 Å². The van der Waals surface area contributed by atoms with Gasteiger partial charge in [0.05, 0.1) is 34.1 Å². The van der Waals surface area contributed by atoms with Crippen LogP contribution in [0.15, 0.2) is 152 Å². The number of benzene rings is 6. The number of rotatable bonds is 4. The third-order valence-corrected chi connectivity index (χ3v) is 11.4. The van der Waals surface area contributed by atoms with Gasteiger partial charge in [-0.05, 0) is 76.9 Å². The van der Waals surface area contributed by atoms with Gasteiger partial charge in [-0.25, -0.2) is 24.9 Å². The topological polar surface area (TPSA) is 70.9 Å². The van der Waals surface area contributed by atoms with Crippen LogP contribution in [0.2, 0.25) is 0 Å². The Bertz CT molecular complexity index is 2450. The molecule has 0 amide bonds. The van der Waals surface area contributed by atoms with Crippen LogP contribution in [0.1, 0.15) is 49.9 Å². The molecule has 0 saturated carbocycles. The predicted octanol–water partition coefficient (Wildman–Crippen LogP) is 11.4. The van der Waals surface area contributed by atoms with Crippen molar-refractivity contribution in [2.75, 3.05) is 9.80 Å². The maximum absolute atomic E-state index is 4.78. The molecule has 2 aliphatic heterocycles. The van der Waals surface area contributed by atoms with E-state index in [1.54, 1.807) is 12.7 Å². The average Bonchev–Trinajstić information content (AvgIpc) is 3.22. The van der Waals surface area contributed by atoms with Gasteiger partial charge in [0.2, 0.25) is 0 Å². The van der Waals surface area contributed by atoms with E-state index in [0.717, 1.165) is 56.0 Å². The molecule has 7 heteroatoms. The first kappa shape index (κ1) is 32.0. The Hall–Kier alpha value is -6.73. The fourth-order valence-electron chi connectivity index (χ4n) is 8.75. The molecule has 54 heavy (non-hydrogen) atoms. The summed E-state index contributed by atoms with van der Waals surface area (Å²) < 4.78 is 0. The van der Waals surface area contributed by atoms with Gasteiger partial charge in [0.1, 0.15) is 12.7 Å². The summed E-state index contributed by atoms with van der Waals surface area (Å²) in [6, 6.07) is 45.9. The number of para-hydroxylation sites is 4. The van der Waals surface area contributed by atoms with Crippen LogP contribution < -0.4 is 9.80 Å². The van der Waals surface area contributed by atoms with Gasteiger partial charge in [-0.3, -0.25) is 0 Å². The van der Waals surface area contributed by atoms with Crippen molar-refractivity contribution in [1.82, 2.24) is 24.9 Å². The lowest BCUT2D eigenvalue weighted by molar-refractivity contribution is 0.632. The number of hydrogen-bond donors (Lipinski definition) is 0. The first-order valence-corrected chi connectivity index (χ1v) is 18.3. The number of nitrogens with zero attached hydrogens (tertiary/aromatic N) is 7. The zero-order valence-corrected chi connectivity index (χ0v) is 30.6. The molecule has 0 aliphatic carbocycles. The minimum atomic E-state index is -0.215. The summed E-state index contributed by atoms with van der Waals surface area (Å²) in [6.07, 6.45) is 6.75. The quantitative estimate of drug-likeness (QED) is 0.181. The molecule has 0 radical (unpaired) electrons. The fraction of sp³-hybridized carbons (Fsp3) is 0.128. The molecule has 0 N–H and O–H groups in total. The lowest BCUT2D eigenvalue weighted by Crippen LogP contribution is -2.31. The van der Waals surface area contributed by atoms with E-state index in [0.29, 0.717) is 11.6 Å². The van der Waals surface area contributed by atoms with E-state index >= 15 is 0 Å². The summed E-state index contributed by atoms with van der Waals surface area (Å²) in [5, 5.41) is 2.10. The van der Waals surface area contributed by atoms with Gasteiger partial charge < -0.3 is 9.80 Å². The van der Waals surface area contributed by atoms with Crippen molar-refractivity contribution in [3.05, 3.63) is 175 Å². The highest BCUT2D eigenvalue weighted by atomic mass is 15.2. The van der Waals surface area contributed by atoms with Crippen LogP contribution in [0.25, 0.3) is 33.5 Å². The Kier molecular flexibility index (Phi) is 7.04. The van der Waals surface area contributed by atoms with Crippen molar-refractivity contribution in [3.8, 4) is 22.8 Å². The van der Waals surface area contributed by atoms with Crippen LogP contribution >= 0.6 is 0 Å². The highest BCUT2D eigenvalue weighted by Gasteiger charge is 2.39. The zero-order valence-electron chi connectivity index (χ0n) is 30.6. The summed E-state index contributed by atoms with van der Waals surface area (Å²) in [5.41, 5.74) is 13.0. The standard InChI is InChI=1S/C47H37N7/c1-46(2)34-14-5-9-18-38(34)53(39-19-10-6-15-35(39)46)42-26-30(44-49-22-13-23-50-44)24-32-33(42)25-31(45-51-28-48-29-52-45)27-43(32)54-40-20-11-7-16-36(40)47(3,4)37-17-8-12-21-41(37)54/h5-29H,1-4H3. The van der Waals surface area contributed by atoms with E-state index in [4.69, 9.17) is 9.97 Å². The van der Waals surface area contributed by atoms with Gasteiger partial charge >= 0.3 is 0 Å². The molecule has 260 valence electrons. The lowest BCUT2D eigenvalue weighted by Gasteiger charge is -2.43. The van der Waals surface area contributed by atoms with Crippen LogP contribution in [-0.2, 0) is 10.8 Å². The largest absolute Gasteiger partial charge is 0.309 e. The van der Waals surface area contributed by atoms with Crippen molar-refractivity contribution < 1.29 is 0 Å². The molecule has 2 aliphatic rings. The Morgan fingerprint density at radius 1 is 0.389 bits per heavy atom.